The smallest absolute Gasteiger partial charge is 0.231 e. The van der Waals surface area contributed by atoms with E-state index in [0.717, 1.165) is 48.2 Å². The van der Waals surface area contributed by atoms with Gasteiger partial charge in [-0.1, -0.05) is 0 Å². The molecule has 3 N–H and O–H groups in total. The van der Waals surface area contributed by atoms with Crippen LogP contribution in [0.15, 0.2) is 29.3 Å². The van der Waals surface area contributed by atoms with Gasteiger partial charge in [-0.05, 0) is 30.5 Å². The van der Waals surface area contributed by atoms with Crippen molar-refractivity contribution in [3.05, 3.63) is 24.3 Å². The zero-order valence-corrected chi connectivity index (χ0v) is 17.4. The third kappa shape index (κ3) is 4.55. The van der Waals surface area contributed by atoms with Crippen LogP contribution in [-0.4, -0.2) is 73.0 Å². The fourth-order valence-corrected chi connectivity index (χ4v) is 3.75. The lowest BCUT2D eigenvalue weighted by Gasteiger charge is -2.28. The highest BCUT2D eigenvalue weighted by molar-refractivity contribution is 7.98. The molecule has 1 aliphatic heterocycles. The van der Waals surface area contributed by atoms with Crippen molar-refractivity contribution in [2.45, 2.75) is 5.03 Å². The number of nitrogens with one attached hydrogen (secondary N) is 3. The fourth-order valence-electron chi connectivity index (χ4n) is 3.21. The summed E-state index contributed by atoms with van der Waals surface area (Å²) >= 11 is 1.56. The number of ether oxygens (including phenoxy) is 2. The summed E-state index contributed by atoms with van der Waals surface area (Å²) in [7, 11) is 1.68. The number of methoxy groups -OCH3 is 1. The van der Waals surface area contributed by atoms with E-state index in [2.05, 4.69) is 47.8 Å². The van der Waals surface area contributed by atoms with Crippen LogP contribution in [0.1, 0.15) is 0 Å². The van der Waals surface area contributed by atoms with Crippen molar-refractivity contribution in [3.63, 3.8) is 0 Å². The van der Waals surface area contributed by atoms with E-state index in [-0.39, 0.29) is 0 Å². The summed E-state index contributed by atoms with van der Waals surface area (Å²) in [5.74, 6) is 1.24. The number of rotatable bonds is 8. The van der Waals surface area contributed by atoms with Crippen LogP contribution < -0.4 is 15.5 Å². The van der Waals surface area contributed by atoms with Gasteiger partial charge in [0, 0.05) is 38.1 Å². The molecule has 10 heteroatoms. The Hall–Kier alpha value is -2.56. The van der Waals surface area contributed by atoms with Gasteiger partial charge in [0.15, 0.2) is 5.65 Å². The predicted molar refractivity (Wildman–Crippen MR) is 117 cm³/mol. The predicted octanol–water partition coefficient (Wildman–Crippen LogP) is 2.71. The Bertz CT molecular complexity index is 942. The zero-order valence-electron chi connectivity index (χ0n) is 16.6. The highest BCUT2D eigenvalue weighted by Gasteiger charge is 2.15. The molecule has 0 aliphatic carbocycles. The van der Waals surface area contributed by atoms with Crippen molar-refractivity contribution in [1.82, 2.24) is 20.2 Å². The molecule has 0 saturated carbocycles. The van der Waals surface area contributed by atoms with E-state index < -0.39 is 0 Å². The van der Waals surface area contributed by atoms with Crippen LogP contribution in [0, 0.1) is 0 Å². The molecule has 0 spiro atoms. The lowest BCUT2D eigenvalue weighted by molar-refractivity contribution is 0.122. The molecule has 0 unspecified atom stereocenters. The van der Waals surface area contributed by atoms with E-state index in [1.165, 1.54) is 5.69 Å². The first-order valence-corrected chi connectivity index (χ1v) is 10.7. The van der Waals surface area contributed by atoms with Gasteiger partial charge < -0.3 is 25.0 Å². The number of thioether (sulfide) groups is 1. The van der Waals surface area contributed by atoms with Crippen LogP contribution in [-0.2, 0) is 9.47 Å². The number of H-pyrrole nitrogens is 1. The summed E-state index contributed by atoms with van der Waals surface area (Å²) in [5, 5.41) is 15.7. The largest absolute Gasteiger partial charge is 0.383 e. The van der Waals surface area contributed by atoms with Crippen LogP contribution in [0.2, 0.25) is 0 Å². The molecule has 0 atom stereocenters. The second-order valence-electron chi connectivity index (χ2n) is 6.54. The average Bonchev–Trinajstić information content (AvgIpc) is 3.18. The molecule has 9 nitrogen and oxygen atoms in total. The van der Waals surface area contributed by atoms with E-state index in [1.807, 2.05) is 18.4 Å². The van der Waals surface area contributed by atoms with Crippen LogP contribution in [0.4, 0.5) is 23.1 Å². The molecule has 1 fully saturated rings. The van der Waals surface area contributed by atoms with Crippen LogP contribution in [0.3, 0.4) is 0 Å². The first kappa shape index (κ1) is 19.7. The summed E-state index contributed by atoms with van der Waals surface area (Å²) in [5.41, 5.74) is 2.81. The van der Waals surface area contributed by atoms with Gasteiger partial charge >= 0.3 is 0 Å². The third-order valence-corrected chi connectivity index (χ3v) is 5.36. The molecule has 2 aromatic heterocycles. The van der Waals surface area contributed by atoms with E-state index in [1.54, 1.807) is 18.9 Å². The quantitative estimate of drug-likeness (QED) is 0.379. The van der Waals surface area contributed by atoms with Gasteiger partial charge in [0.2, 0.25) is 5.95 Å². The second kappa shape index (κ2) is 9.29. The van der Waals surface area contributed by atoms with Gasteiger partial charge in [-0.2, -0.15) is 15.1 Å². The van der Waals surface area contributed by atoms with Crippen molar-refractivity contribution in [2.24, 2.45) is 0 Å². The maximum Gasteiger partial charge on any atom is 0.231 e. The number of fused-ring (bicyclic) bond motifs is 1. The molecule has 4 rings (SSSR count). The minimum Gasteiger partial charge on any atom is -0.383 e. The van der Waals surface area contributed by atoms with Gasteiger partial charge in [-0.15, -0.1) is 11.8 Å². The fraction of sp³-hybridized carbons (Fsp3) is 0.421. The van der Waals surface area contributed by atoms with Gasteiger partial charge in [-0.3, -0.25) is 5.10 Å². The summed E-state index contributed by atoms with van der Waals surface area (Å²) in [6, 6.07) is 8.28. The molecule has 154 valence electrons. The Balaban J connectivity index is 1.55. The van der Waals surface area contributed by atoms with Crippen LogP contribution in [0.5, 0.6) is 0 Å². The summed E-state index contributed by atoms with van der Waals surface area (Å²) in [6.07, 6.45) is 1.98. The van der Waals surface area contributed by atoms with Crippen molar-refractivity contribution in [1.29, 1.82) is 0 Å². The topological polar surface area (TPSA) is 100 Å². The first-order valence-electron chi connectivity index (χ1n) is 9.51. The van der Waals surface area contributed by atoms with Gasteiger partial charge in [0.1, 0.15) is 10.8 Å². The summed E-state index contributed by atoms with van der Waals surface area (Å²) < 4.78 is 10.6. The molecule has 3 heterocycles. The number of nitrogens with zero attached hydrogens (tertiary/aromatic N) is 4. The lowest BCUT2D eigenvalue weighted by atomic mass is 10.2. The molecular formula is C19H25N7O2S. The van der Waals surface area contributed by atoms with Crippen LogP contribution in [0.25, 0.3) is 11.0 Å². The molecule has 3 aromatic rings. The lowest BCUT2D eigenvalue weighted by Crippen LogP contribution is -2.36. The standard InChI is InChI=1S/C19H25N7O2S/c1-27-10-7-20-16-15-17(24-25-18(15)29-2)23-19(22-16)21-13-3-5-14(6-4-13)26-8-11-28-12-9-26/h3-6H,7-12H2,1-2H3,(H3,20,21,22,23,24,25). The molecular weight excluding hydrogens is 390 g/mol. The summed E-state index contributed by atoms with van der Waals surface area (Å²) in [6.45, 7) is 4.62. The SMILES string of the molecule is COCCNc1nc(Nc2ccc(N3CCOCC3)cc2)nc2[nH]nc(SC)c12. The molecule has 1 saturated heterocycles. The van der Waals surface area contributed by atoms with E-state index in [0.29, 0.717) is 24.7 Å². The minimum absolute atomic E-state index is 0.507. The minimum atomic E-state index is 0.507. The van der Waals surface area contributed by atoms with Crippen molar-refractivity contribution < 1.29 is 9.47 Å². The number of benzene rings is 1. The van der Waals surface area contributed by atoms with Crippen LogP contribution >= 0.6 is 11.8 Å². The van der Waals surface area contributed by atoms with E-state index in [4.69, 9.17) is 9.47 Å². The maximum absolute atomic E-state index is 5.42. The average molecular weight is 416 g/mol. The third-order valence-electron chi connectivity index (χ3n) is 4.68. The Morgan fingerprint density at radius 3 is 2.72 bits per heavy atom. The normalized spacial score (nSPS) is 14.3. The Kier molecular flexibility index (Phi) is 6.33. The molecule has 0 amide bonds. The second-order valence-corrected chi connectivity index (χ2v) is 7.34. The Morgan fingerprint density at radius 2 is 2.00 bits per heavy atom. The Morgan fingerprint density at radius 1 is 1.21 bits per heavy atom. The number of hydrogen-bond acceptors (Lipinski definition) is 9. The zero-order chi connectivity index (χ0) is 20.1. The van der Waals surface area contributed by atoms with Gasteiger partial charge in [0.25, 0.3) is 0 Å². The molecule has 29 heavy (non-hydrogen) atoms. The number of anilines is 4. The number of aromatic nitrogens is 4. The Labute approximate surface area is 173 Å². The van der Waals surface area contributed by atoms with Gasteiger partial charge in [0.05, 0.1) is 25.2 Å². The van der Waals surface area contributed by atoms with E-state index in [9.17, 15) is 0 Å². The van der Waals surface area contributed by atoms with Gasteiger partial charge in [-0.25, -0.2) is 0 Å². The monoisotopic (exact) mass is 415 g/mol. The first-order chi connectivity index (χ1) is 14.3. The number of aromatic amines is 1. The number of hydrogen-bond donors (Lipinski definition) is 3. The van der Waals surface area contributed by atoms with Crippen molar-refractivity contribution in [3.8, 4) is 0 Å². The van der Waals surface area contributed by atoms with Crippen molar-refractivity contribution in [2.75, 3.05) is 68.4 Å². The highest BCUT2D eigenvalue weighted by Crippen LogP contribution is 2.30. The molecule has 1 aliphatic rings. The number of morpholine rings is 1. The van der Waals surface area contributed by atoms with E-state index >= 15 is 0 Å². The summed E-state index contributed by atoms with van der Waals surface area (Å²) in [4.78, 5) is 11.6. The molecule has 1 aromatic carbocycles. The maximum atomic E-state index is 5.42. The van der Waals surface area contributed by atoms with Crippen molar-refractivity contribution >= 4 is 45.9 Å². The highest BCUT2D eigenvalue weighted by atomic mass is 32.2. The molecule has 0 radical (unpaired) electrons. The molecule has 0 bridgehead atoms.